The van der Waals surface area contributed by atoms with Crippen molar-refractivity contribution in [3.63, 3.8) is 0 Å². The van der Waals surface area contributed by atoms with Gasteiger partial charge in [0.15, 0.2) is 6.61 Å². The second-order valence-corrected chi connectivity index (χ2v) is 10.8. The van der Waals surface area contributed by atoms with Crippen LogP contribution in [0.15, 0.2) is 24.3 Å². The van der Waals surface area contributed by atoms with E-state index in [-0.39, 0.29) is 40.9 Å². The van der Waals surface area contributed by atoms with Gasteiger partial charge in [-0.2, -0.15) is 13.2 Å². The number of benzene rings is 1. The lowest BCUT2D eigenvalue weighted by Crippen LogP contribution is -2.63. The normalized spacial score (nSPS) is 34.5. The van der Waals surface area contributed by atoms with Gasteiger partial charge in [0.1, 0.15) is 11.9 Å². The van der Waals surface area contributed by atoms with E-state index in [0.29, 0.717) is 32.2 Å². The van der Waals surface area contributed by atoms with E-state index in [4.69, 9.17) is 15.2 Å². The van der Waals surface area contributed by atoms with E-state index in [0.717, 1.165) is 37.7 Å². The third kappa shape index (κ3) is 5.28. The Hall–Kier alpha value is -2.33. The first-order valence-electron chi connectivity index (χ1n) is 12.3. The molecule has 192 valence electrons. The van der Waals surface area contributed by atoms with Gasteiger partial charge in [-0.1, -0.05) is 12.1 Å². The zero-order chi connectivity index (χ0) is 24.8. The Labute approximate surface area is 202 Å². The summed E-state index contributed by atoms with van der Waals surface area (Å²) in [6, 6.07) is 6.59. The van der Waals surface area contributed by atoms with E-state index in [1.807, 2.05) is 0 Å². The van der Waals surface area contributed by atoms with Crippen LogP contribution in [-0.4, -0.2) is 61.3 Å². The summed E-state index contributed by atoms with van der Waals surface area (Å²) >= 11 is 0. The molecular weight excluding hydrogens is 463 g/mol. The van der Waals surface area contributed by atoms with Crippen molar-refractivity contribution in [3.8, 4) is 5.75 Å². The summed E-state index contributed by atoms with van der Waals surface area (Å²) in [5.41, 5.74) is 6.30. The summed E-state index contributed by atoms with van der Waals surface area (Å²) in [5, 5.41) is 3.25. The van der Waals surface area contributed by atoms with Crippen molar-refractivity contribution < 1.29 is 32.2 Å². The van der Waals surface area contributed by atoms with Gasteiger partial charge < -0.3 is 20.5 Å². The topological polar surface area (TPSA) is 93.9 Å². The summed E-state index contributed by atoms with van der Waals surface area (Å²) in [7, 11) is 0. The van der Waals surface area contributed by atoms with Crippen LogP contribution in [0.4, 0.5) is 13.2 Å². The van der Waals surface area contributed by atoms with Gasteiger partial charge >= 0.3 is 6.18 Å². The maximum absolute atomic E-state index is 13.1. The van der Waals surface area contributed by atoms with Gasteiger partial charge in [-0.25, -0.2) is 0 Å². The number of alkyl halides is 3. The Morgan fingerprint density at radius 2 is 1.83 bits per heavy atom. The molecule has 3 atom stereocenters. The summed E-state index contributed by atoms with van der Waals surface area (Å²) < 4.78 is 47.5. The Balaban J connectivity index is 1.14. The second kappa shape index (κ2) is 9.28. The average molecular weight is 496 g/mol. The van der Waals surface area contributed by atoms with Crippen molar-refractivity contribution in [1.82, 2.24) is 10.2 Å². The molecule has 1 aromatic rings. The van der Waals surface area contributed by atoms with Gasteiger partial charge in [-0.3, -0.25) is 14.5 Å². The van der Waals surface area contributed by atoms with E-state index >= 15 is 0 Å². The molecule has 2 amide bonds. The molecule has 2 unspecified atom stereocenters. The monoisotopic (exact) mass is 495 g/mol. The third-order valence-electron chi connectivity index (χ3n) is 8.28. The lowest BCUT2D eigenvalue weighted by atomic mass is 9.47. The Bertz CT molecular complexity index is 938. The number of ether oxygens (including phenoxy) is 2. The predicted octanol–water partition coefficient (Wildman–Crippen LogP) is 2.62. The van der Waals surface area contributed by atoms with E-state index in [1.54, 1.807) is 12.1 Å². The second-order valence-electron chi connectivity index (χ2n) is 10.8. The van der Waals surface area contributed by atoms with Gasteiger partial charge in [0.05, 0.1) is 6.61 Å². The highest BCUT2D eigenvalue weighted by Crippen LogP contribution is 2.59. The molecule has 10 heteroatoms. The van der Waals surface area contributed by atoms with Crippen LogP contribution in [0.5, 0.6) is 5.75 Å². The van der Waals surface area contributed by atoms with Gasteiger partial charge in [0, 0.05) is 31.1 Å². The van der Waals surface area contributed by atoms with Crippen LogP contribution in [0.25, 0.3) is 0 Å². The van der Waals surface area contributed by atoms with Crippen LogP contribution in [-0.2, 0) is 20.9 Å². The molecule has 5 fully saturated rings. The highest BCUT2D eigenvalue weighted by atomic mass is 19.4. The molecular formula is C25H32F3N3O4. The van der Waals surface area contributed by atoms with Crippen LogP contribution >= 0.6 is 0 Å². The lowest BCUT2D eigenvalue weighted by molar-refractivity contribution is -0.153. The molecule has 1 saturated heterocycles. The molecule has 4 bridgehead atoms. The predicted molar refractivity (Wildman–Crippen MR) is 120 cm³/mol. The number of hydrogen-bond donors (Lipinski definition) is 2. The fourth-order valence-corrected chi connectivity index (χ4v) is 6.94. The van der Waals surface area contributed by atoms with E-state index < -0.39 is 18.9 Å². The fourth-order valence-electron chi connectivity index (χ4n) is 6.94. The minimum atomic E-state index is -4.37. The first-order valence-corrected chi connectivity index (χ1v) is 12.3. The zero-order valence-corrected chi connectivity index (χ0v) is 19.6. The van der Waals surface area contributed by atoms with Crippen molar-refractivity contribution in [2.75, 3.05) is 26.3 Å². The smallest absolute Gasteiger partial charge is 0.422 e. The van der Waals surface area contributed by atoms with Crippen molar-refractivity contribution in [1.29, 1.82) is 0 Å². The molecule has 35 heavy (non-hydrogen) atoms. The van der Waals surface area contributed by atoms with Crippen LogP contribution in [0.3, 0.4) is 0 Å². The number of amides is 2. The molecule has 1 aromatic carbocycles. The average Bonchev–Trinajstić information content (AvgIpc) is 2.80. The summed E-state index contributed by atoms with van der Waals surface area (Å²) in [5.74, 6) is 0.967. The van der Waals surface area contributed by atoms with E-state index in [9.17, 15) is 22.8 Å². The number of hydrogen-bond acceptors (Lipinski definition) is 5. The summed E-state index contributed by atoms with van der Waals surface area (Å²) in [6.07, 6.45) is -0.455. The Morgan fingerprint density at radius 1 is 1.14 bits per heavy atom. The maximum Gasteiger partial charge on any atom is 0.422 e. The first kappa shape index (κ1) is 24.4. The zero-order valence-electron chi connectivity index (χ0n) is 19.6. The molecule has 1 aliphatic heterocycles. The lowest BCUT2D eigenvalue weighted by Gasteiger charge is -2.59. The van der Waals surface area contributed by atoms with Crippen LogP contribution in [0.1, 0.15) is 37.7 Å². The van der Waals surface area contributed by atoms with E-state index in [1.165, 1.54) is 12.1 Å². The quantitative estimate of drug-likeness (QED) is 0.607. The molecule has 7 nitrogen and oxygen atoms in total. The largest absolute Gasteiger partial charge is 0.484 e. The number of rotatable bonds is 7. The number of nitrogens with two attached hydrogens (primary N) is 1. The van der Waals surface area contributed by atoms with Crippen LogP contribution in [0.2, 0.25) is 0 Å². The van der Waals surface area contributed by atoms with Crippen molar-refractivity contribution in [2.24, 2.45) is 28.9 Å². The maximum atomic E-state index is 13.1. The van der Waals surface area contributed by atoms with Crippen molar-refractivity contribution in [3.05, 3.63) is 29.8 Å². The SMILES string of the molecule is NC(=O)C12CC3CC(C1)C(NC(=O)[C@H]1CN(Cc4ccc(OCC(F)(F)F)cc4)CCO1)C(C3)C2. The van der Waals surface area contributed by atoms with Gasteiger partial charge in [-0.05, 0) is 67.6 Å². The summed E-state index contributed by atoms with van der Waals surface area (Å²) in [4.78, 5) is 27.4. The first-order chi connectivity index (χ1) is 16.6. The molecule has 0 spiro atoms. The Kier molecular flexibility index (Phi) is 6.46. The number of morpholine rings is 1. The van der Waals surface area contributed by atoms with Crippen LogP contribution in [0, 0.1) is 23.2 Å². The highest BCUT2D eigenvalue weighted by molar-refractivity contribution is 5.83. The highest BCUT2D eigenvalue weighted by Gasteiger charge is 2.58. The fraction of sp³-hybridized carbons (Fsp3) is 0.680. The third-order valence-corrected chi connectivity index (χ3v) is 8.28. The molecule has 5 aliphatic rings. The van der Waals surface area contributed by atoms with Crippen molar-refractivity contribution in [2.45, 2.75) is 57.0 Å². The molecule has 6 rings (SSSR count). The molecule has 0 radical (unpaired) electrons. The molecule has 4 aliphatic carbocycles. The van der Waals surface area contributed by atoms with Gasteiger partial charge in [0.2, 0.25) is 5.91 Å². The van der Waals surface area contributed by atoms with Gasteiger partial charge in [0.25, 0.3) is 5.91 Å². The van der Waals surface area contributed by atoms with Crippen LogP contribution < -0.4 is 15.8 Å². The minimum Gasteiger partial charge on any atom is -0.484 e. The number of carbonyl (C=O) groups is 2. The van der Waals surface area contributed by atoms with Crippen molar-refractivity contribution >= 4 is 11.8 Å². The standard InChI is InChI=1S/C25H32F3N3O4/c26-25(27,28)14-35-19-3-1-15(2-4-19)12-31-5-6-34-20(13-31)22(32)30-21-17-7-16-8-18(21)11-24(9-16,10-17)23(29)33/h1-4,16-18,20-21H,5-14H2,(H2,29,33)(H,30,32)/t16?,17?,18?,20-,21?,24?/m1/s1. The van der Waals surface area contributed by atoms with Gasteiger partial charge in [-0.15, -0.1) is 0 Å². The number of halogens is 3. The number of nitrogens with one attached hydrogen (secondary N) is 1. The number of carbonyl (C=O) groups excluding carboxylic acids is 2. The number of primary amides is 1. The Morgan fingerprint density at radius 3 is 2.46 bits per heavy atom. The minimum absolute atomic E-state index is 0.0646. The molecule has 0 aromatic heterocycles. The number of nitrogens with zero attached hydrogens (tertiary/aromatic N) is 1. The summed E-state index contributed by atoms with van der Waals surface area (Å²) in [6.45, 7) is 0.764. The van der Waals surface area contributed by atoms with E-state index in [2.05, 4.69) is 10.2 Å². The molecule has 3 N–H and O–H groups in total. The molecule has 4 saturated carbocycles. The molecule has 1 heterocycles.